The highest BCUT2D eigenvalue weighted by Gasteiger charge is 2.25. The Morgan fingerprint density at radius 2 is 2.00 bits per heavy atom. The molecule has 0 amide bonds. The predicted molar refractivity (Wildman–Crippen MR) is 80.5 cm³/mol. The van der Waals surface area contributed by atoms with Gasteiger partial charge in [-0.15, -0.1) is 0 Å². The maximum atomic E-state index is 6.34. The van der Waals surface area contributed by atoms with Crippen LogP contribution in [0.2, 0.25) is 0 Å². The zero-order valence-electron chi connectivity index (χ0n) is 12.3. The van der Waals surface area contributed by atoms with Gasteiger partial charge < -0.3 is 10.5 Å². The van der Waals surface area contributed by atoms with Crippen molar-refractivity contribution in [1.82, 2.24) is 0 Å². The fourth-order valence-electron chi connectivity index (χ4n) is 3.09. The Bertz CT molecular complexity index is 389. The van der Waals surface area contributed by atoms with E-state index in [-0.39, 0.29) is 6.04 Å². The molecule has 2 nitrogen and oxygen atoms in total. The van der Waals surface area contributed by atoms with Crippen molar-refractivity contribution in [2.75, 3.05) is 0 Å². The predicted octanol–water partition coefficient (Wildman–Crippen LogP) is 3.92. The van der Waals surface area contributed by atoms with Crippen molar-refractivity contribution in [1.29, 1.82) is 0 Å². The van der Waals surface area contributed by atoms with E-state index in [1.807, 2.05) is 6.92 Å². The lowest BCUT2D eigenvalue weighted by atomic mass is 9.84. The van der Waals surface area contributed by atoms with E-state index in [4.69, 9.17) is 10.5 Å². The second kappa shape index (κ2) is 6.95. The zero-order chi connectivity index (χ0) is 13.7. The molecule has 0 saturated heterocycles. The highest BCUT2D eigenvalue weighted by atomic mass is 16.5. The minimum Gasteiger partial charge on any atom is -0.490 e. The van der Waals surface area contributed by atoms with Gasteiger partial charge in [-0.3, -0.25) is 0 Å². The third kappa shape index (κ3) is 3.97. The van der Waals surface area contributed by atoms with Gasteiger partial charge in [0.25, 0.3) is 0 Å². The lowest BCUT2D eigenvalue weighted by Gasteiger charge is -2.32. The van der Waals surface area contributed by atoms with Crippen molar-refractivity contribution >= 4 is 0 Å². The van der Waals surface area contributed by atoms with Crippen molar-refractivity contribution in [2.45, 2.75) is 64.5 Å². The summed E-state index contributed by atoms with van der Waals surface area (Å²) in [4.78, 5) is 0. The van der Waals surface area contributed by atoms with Gasteiger partial charge in [-0.1, -0.05) is 31.5 Å². The molecule has 0 spiro atoms. The number of rotatable bonds is 5. The number of benzene rings is 1. The molecule has 106 valence electrons. The van der Waals surface area contributed by atoms with Crippen LogP contribution in [0.3, 0.4) is 0 Å². The Balaban J connectivity index is 2.08. The van der Waals surface area contributed by atoms with Gasteiger partial charge in [0.2, 0.25) is 0 Å². The first-order valence-electron chi connectivity index (χ1n) is 7.70. The summed E-state index contributed by atoms with van der Waals surface area (Å²) >= 11 is 0. The summed E-state index contributed by atoms with van der Waals surface area (Å²) in [6.45, 7) is 4.33. The Labute approximate surface area is 117 Å². The number of nitrogens with two attached hydrogens (primary N) is 1. The Kier molecular flexibility index (Phi) is 5.26. The van der Waals surface area contributed by atoms with E-state index in [2.05, 4.69) is 31.2 Å². The minimum absolute atomic E-state index is 0.179. The molecule has 0 aromatic heterocycles. The van der Waals surface area contributed by atoms with E-state index in [1.165, 1.54) is 37.7 Å². The molecule has 1 aliphatic carbocycles. The van der Waals surface area contributed by atoms with Gasteiger partial charge >= 0.3 is 0 Å². The van der Waals surface area contributed by atoms with Gasteiger partial charge in [0.15, 0.2) is 0 Å². The molecule has 0 bridgehead atoms. The summed E-state index contributed by atoms with van der Waals surface area (Å²) in [6, 6.07) is 8.55. The average molecular weight is 261 g/mol. The molecule has 2 heteroatoms. The maximum absolute atomic E-state index is 6.34. The monoisotopic (exact) mass is 261 g/mol. The molecule has 19 heavy (non-hydrogen) atoms. The van der Waals surface area contributed by atoms with E-state index in [0.29, 0.717) is 6.10 Å². The highest BCUT2D eigenvalue weighted by Crippen LogP contribution is 2.31. The first kappa shape index (κ1) is 14.4. The quantitative estimate of drug-likeness (QED) is 0.871. The van der Waals surface area contributed by atoms with Crippen LogP contribution in [0.1, 0.15) is 51.5 Å². The van der Waals surface area contributed by atoms with Gasteiger partial charge in [0, 0.05) is 6.04 Å². The van der Waals surface area contributed by atoms with Crippen LogP contribution in [0, 0.1) is 5.92 Å². The molecular formula is C17H27NO. The van der Waals surface area contributed by atoms with Crippen LogP contribution in [-0.2, 0) is 6.42 Å². The van der Waals surface area contributed by atoms with E-state index in [0.717, 1.165) is 18.1 Å². The Hall–Kier alpha value is -1.02. The van der Waals surface area contributed by atoms with E-state index < -0.39 is 0 Å². The van der Waals surface area contributed by atoms with Crippen molar-refractivity contribution in [3.63, 3.8) is 0 Å². The largest absolute Gasteiger partial charge is 0.490 e. The van der Waals surface area contributed by atoms with Crippen molar-refractivity contribution in [3.8, 4) is 5.75 Å². The fraction of sp³-hybridized carbons (Fsp3) is 0.647. The first-order chi connectivity index (χ1) is 9.20. The molecule has 0 aliphatic heterocycles. The zero-order valence-corrected chi connectivity index (χ0v) is 12.3. The normalized spacial score (nSPS) is 25.0. The van der Waals surface area contributed by atoms with Crippen LogP contribution in [0.15, 0.2) is 24.3 Å². The molecule has 2 rings (SSSR count). The van der Waals surface area contributed by atoms with Gasteiger partial charge in [-0.2, -0.15) is 0 Å². The Morgan fingerprint density at radius 3 is 2.74 bits per heavy atom. The van der Waals surface area contributed by atoms with Gasteiger partial charge in [0.1, 0.15) is 11.9 Å². The summed E-state index contributed by atoms with van der Waals surface area (Å²) < 4.78 is 6.34. The topological polar surface area (TPSA) is 35.2 Å². The van der Waals surface area contributed by atoms with Crippen LogP contribution in [0.5, 0.6) is 5.75 Å². The standard InChI is InChI=1S/C17H27NO/c1-3-14-8-4-6-10-16(14)19-17-11-7-5-9-15(17)12-13(2)18/h5,7,9,11,13-14,16H,3-4,6,8,10,12,18H2,1-2H3. The van der Waals surface area contributed by atoms with Crippen molar-refractivity contribution in [2.24, 2.45) is 11.7 Å². The molecule has 1 aliphatic rings. The van der Waals surface area contributed by atoms with Gasteiger partial charge in [-0.25, -0.2) is 0 Å². The minimum atomic E-state index is 0.179. The Morgan fingerprint density at radius 1 is 1.26 bits per heavy atom. The summed E-state index contributed by atoms with van der Waals surface area (Å²) in [6.07, 6.45) is 7.69. The van der Waals surface area contributed by atoms with Crippen LogP contribution < -0.4 is 10.5 Å². The second-order valence-electron chi connectivity index (χ2n) is 5.90. The summed E-state index contributed by atoms with van der Waals surface area (Å²) in [5.74, 6) is 1.77. The fourth-order valence-corrected chi connectivity index (χ4v) is 3.09. The molecule has 2 N–H and O–H groups in total. The molecule has 1 saturated carbocycles. The number of ether oxygens (including phenoxy) is 1. The lowest BCUT2D eigenvalue weighted by Crippen LogP contribution is -2.30. The van der Waals surface area contributed by atoms with Gasteiger partial charge in [-0.05, 0) is 56.6 Å². The molecule has 1 aromatic rings. The molecule has 1 fully saturated rings. The van der Waals surface area contributed by atoms with Crippen LogP contribution in [-0.4, -0.2) is 12.1 Å². The van der Waals surface area contributed by atoms with E-state index >= 15 is 0 Å². The number of hydrogen-bond donors (Lipinski definition) is 1. The first-order valence-corrected chi connectivity index (χ1v) is 7.70. The molecule has 1 aromatic carbocycles. The SMILES string of the molecule is CCC1CCCCC1Oc1ccccc1CC(C)N. The molecule has 0 heterocycles. The highest BCUT2D eigenvalue weighted by molar-refractivity contribution is 5.34. The van der Waals surface area contributed by atoms with Crippen LogP contribution >= 0.6 is 0 Å². The summed E-state index contributed by atoms with van der Waals surface area (Å²) in [7, 11) is 0. The van der Waals surface area contributed by atoms with E-state index in [9.17, 15) is 0 Å². The second-order valence-corrected chi connectivity index (χ2v) is 5.90. The lowest BCUT2D eigenvalue weighted by molar-refractivity contribution is 0.0893. The van der Waals surface area contributed by atoms with Gasteiger partial charge in [0.05, 0.1) is 0 Å². The molecule has 3 unspecified atom stereocenters. The molecule has 0 radical (unpaired) electrons. The number of para-hydroxylation sites is 1. The summed E-state index contributed by atoms with van der Waals surface area (Å²) in [5.41, 5.74) is 7.17. The maximum Gasteiger partial charge on any atom is 0.122 e. The third-order valence-corrected chi connectivity index (χ3v) is 4.16. The van der Waals surface area contributed by atoms with E-state index in [1.54, 1.807) is 0 Å². The number of hydrogen-bond acceptors (Lipinski definition) is 2. The van der Waals surface area contributed by atoms with Crippen LogP contribution in [0.4, 0.5) is 0 Å². The smallest absolute Gasteiger partial charge is 0.122 e. The van der Waals surface area contributed by atoms with Crippen molar-refractivity contribution in [3.05, 3.63) is 29.8 Å². The molecular weight excluding hydrogens is 234 g/mol. The molecule has 3 atom stereocenters. The summed E-state index contributed by atoms with van der Waals surface area (Å²) in [5, 5.41) is 0. The van der Waals surface area contributed by atoms with Crippen LogP contribution in [0.25, 0.3) is 0 Å². The van der Waals surface area contributed by atoms with Crippen molar-refractivity contribution < 1.29 is 4.74 Å². The average Bonchev–Trinajstić information content (AvgIpc) is 2.41. The third-order valence-electron chi connectivity index (χ3n) is 4.16.